The number of aryl methyl sites for hydroxylation is 1. The molecular weight excluding hydrogens is 486 g/mol. The summed E-state index contributed by atoms with van der Waals surface area (Å²) in [7, 11) is 0. The fourth-order valence-electron chi connectivity index (χ4n) is 3.71. The fraction of sp³-hybridized carbons (Fsp3) is 0.649. The van der Waals surface area contributed by atoms with Gasteiger partial charge in [-0.15, -0.1) is 13.2 Å². The number of hydrogen-bond acceptors (Lipinski definition) is 3. The molecule has 0 spiro atoms. The summed E-state index contributed by atoms with van der Waals surface area (Å²) in [4.78, 5) is 6.44. The van der Waals surface area contributed by atoms with E-state index in [4.69, 9.17) is 0 Å². The van der Waals surface area contributed by atoms with E-state index in [-0.39, 0.29) is 6.04 Å². The molecule has 0 aliphatic carbocycles. The van der Waals surface area contributed by atoms with Crippen LogP contribution in [0.25, 0.3) is 0 Å². The van der Waals surface area contributed by atoms with Crippen LogP contribution in [0.5, 0.6) is 0 Å². The van der Waals surface area contributed by atoms with E-state index in [0.717, 1.165) is 36.6 Å². The molecule has 2 atom stereocenters. The van der Waals surface area contributed by atoms with E-state index in [2.05, 4.69) is 90.1 Å². The molecule has 1 aromatic rings. The summed E-state index contributed by atoms with van der Waals surface area (Å²) in [5, 5.41) is 3.36. The topological polar surface area (TPSA) is 27.6 Å². The number of hydrogen-bond donors (Lipinski definition) is 1. The average Bonchev–Trinajstić information content (AvgIpc) is 2.94. The van der Waals surface area contributed by atoms with Crippen molar-refractivity contribution < 1.29 is 0 Å². The highest BCUT2D eigenvalue weighted by atomic mass is 15.1. The smallest absolute Gasteiger partial charge is 0.0651 e. The maximum Gasteiger partial charge on any atom is 0.0651 e. The maximum absolute atomic E-state index is 4.03. The van der Waals surface area contributed by atoms with E-state index < -0.39 is 0 Å². The molecule has 2 unspecified atom stereocenters. The quantitative estimate of drug-likeness (QED) is 0.217. The third-order valence-corrected chi connectivity index (χ3v) is 6.27. The van der Waals surface area contributed by atoms with Crippen LogP contribution in [-0.2, 0) is 0 Å². The Morgan fingerprint density at radius 2 is 1.60 bits per heavy atom. The Morgan fingerprint density at radius 1 is 1.05 bits per heavy atom. The van der Waals surface area contributed by atoms with Crippen LogP contribution in [0.3, 0.4) is 0 Å². The summed E-state index contributed by atoms with van der Waals surface area (Å²) in [6.45, 7) is 40.7. The number of nitrogens with zero attached hydrogens (tertiary/aromatic N) is 2. The van der Waals surface area contributed by atoms with Crippen molar-refractivity contribution in [3.63, 3.8) is 0 Å². The van der Waals surface area contributed by atoms with Crippen LogP contribution in [0.2, 0.25) is 0 Å². The van der Waals surface area contributed by atoms with Gasteiger partial charge in [0.15, 0.2) is 0 Å². The molecule has 3 heteroatoms. The van der Waals surface area contributed by atoms with Crippen LogP contribution in [0.15, 0.2) is 66.8 Å². The highest BCUT2D eigenvalue weighted by Crippen LogP contribution is 2.22. The molecule has 1 saturated heterocycles. The Kier molecular flexibility index (Phi) is 30.1. The van der Waals surface area contributed by atoms with Gasteiger partial charge in [-0.25, -0.2) is 0 Å². The molecule has 0 radical (unpaired) electrons. The van der Waals surface area contributed by atoms with E-state index in [1.165, 1.54) is 57.3 Å². The number of rotatable bonds is 11. The summed E-state index contributed by atoms with van der Waals surface area (Å²) >= 11 is 0. The first-order chi connectivity index (χ1) is 19.0. The van der Waals surface area contributed by atoms with Crippen LogP contribution in [0.1, 0.15) is 119 Å². The zero-order valence-corrected chi connectivity index (χ0v) is 28.6. The largest absolute Gasteiger partial charge is 0.382 e. The molecule has 0 aromatic heterocycles. The van der Waals surface area contributed by atoms with Gasteiger partial charge in [-0.05, 0) is 81.8 Å². The molecule has 1 N–H and O–H groups in total. The van der Waals surface area contributed by atoms with Gasteiger partial charge >= 0.3 is 0 Å². The van der Waals surface area contributed by atoms with Crippen molar-refractivity contribution >= 4 is 12.4 Å². The summed E-state index contributed by atoms with van der Waals surface area (Å²) in [5.41, 5.74) is 3.61. The lowest BCUT2D eigenvalue weighted by molar-refractivity contribution is 0.199. The lowest BCUT2D eigenvalue weighted by atomic mass is 9.90. The number of likely N-dealkylation sites (tertiary alicyclic amines) is 1. The number of para-hydroxylation sites is 1. The lowest BCUT2D eigenvalue weighted by Gasteiger charge is -2.28. The molecule has 1 fully saturated rings. The Labute approximate surface area is 252 Å². The first-order valence-electron chi connectivity index (χ1n) is 15.9. The number of nitrogens with one attached hydrogen (secondary N) is 1. The van der Waals surface area contributed by atoms with Gasteiger partial charge in [0.25, 0.3) is 0 Å². The third-order valence-electron chi connectivity index (χ3n) is 6.27. The number of aliphatic imine (C=N–C) groups is 1. The summed E-state index contributed by atoms with van der Waals surface area (Å²) < 4.78 is 0. The molecule has 2 rings (SSSR count). The van der Waals surface area contributed by atoms with Crippen LogP contribution < -0.4 is 5.32 Å². The summed E-state index contributed by atoms with van der Waals surface area (Å²) in [5.74, 6) is 0.896. The molecule has 1 aromatic carbocycles. The third kappa shape index (κ3) is 27.4. The fourth-order valence-corrected chi connectivity index (χ4v) is 3.71. The predicted molar refractivity (Wildman–Crippen MR) is 187 cm³/mol. The molecule has 1 heterocycles. The predicted octanol–water partition coefficient (Wildman–Crippen LogP) is 11.3. The monoisotopic (exact) mass is 556 g/mol. The normalized spacial score (nSPS) is 13.9. The average molecular weight is 556 g/mol. The minimum Gasteiger partial charge on any atom is -0.382 e. The van der Waals surface area contributed by atoms with Crippen molar-refractivity contribution in [1.29, 1.82) is 0 Å². The molecule has 0 amide bonds. The van der Waals surface area contributed by atoms with Crippen molar-refractivity contribution in [2.45, 2.75) is 127 Å². The minimum absolute atomic E-state index is 0.273. The standard InChI is InChI=1S/C14H25N.C10H21N.C8H9N.C3H8.C2H6/c1-7-9-13(8-2)15-12(3)10-11-14(4,5)6;1-3-10(2)9-11-7-5-4-6-8-11;1-7-5-3-4-6-8(7)9-2;1-3-2;1-2/h7-8,13,15H,1-3,9-11H2,4-6H3;10H,3-9H2,1-2H3;3-6H,2H2,1H3;3H2,1-2H3;1-2H3. The van der Waals surface area contributed by atoms with E-state index in [0.29, 0.717) is 5.41 Å². The van der Waals surface area contributed by atoms with Crippen LogP contribution in [-0.4, -0.2) is 37.3 Å². The van der Waals surface area contributed by atoms with E-state index >= 15 is 0 Å². The van der Waals surface area contributed by atoms with Gasteiger partial charge in [0.05, 0.1) is 5.69 Å². The van der Waals surface area contributed by atoms with Crippen LogP contribution >= 0.6 is 0 Å². The van der Waals surface area contributed by atoms with Gasteiger partial charge < -0.3 is 10.2 Å². The highest BCUT2D eigenvalue weighted by Gasteiger charge is 2.12. The summed E-state index contributed by atoms with van der Waals surface area (Å²) in [6.07, 6.45) is 13.8. The van der Waals surface area contributed by atoms with E-state index in [1.54, 1.807) is 0 Å². The van der Waals surface area contributed by atoms with Crippen LogP contribution in [0.4, 0.5) is 5.69 Å². The Balaban J connectivity index is -0.000000485. The molecule has 0 saturated carbocycles. The van der Waals surface area contributed by atoms with Crippen molar-refractivity contribution in [2.75, 3.05) is 19.6 Å². The Morgan fingerprint density at radius 3 is 2.00 bits per heavy atom. The maximum atomic E-state index is 4.03. The molecule has 1 aliphatic rings. The number of benzene rings is 1. The summed E-state index contributed by atoms with van der Waals surface area (Å²) in [6, 6.07) is 8.18. The second-order valence-corrected chi connectivity index (χ2v) is 11.7. The zero-order chi connectivity index (χ0) is 31.4. The molecular formula is C37H69N3. The van der Waals surface area contributed by atoms with Gasteiger partial charge in [0.1, 0.15) is 0 Å². The van der Waals surface area contributed by atoms with Crippen molar-refractivity contribution in [2.24, 2.45) is 16.3 Å². The van der Waals surface area contributed by atoms with Crippen molar-refractivity contribution in [3.8, 4) is 0 Å². The van der Waals surface area contributed by atoms with Gasteiger partial charge in [0, 0.05) is 18.3 Å². The highest BCUT2D eigenvalue weighted by molar-refractivity contribution is 5.50. The molecule has 40 heavy (non-hydrogen) atoms. The van der Waals surface area contributed by atoms with E-state index in [9.17, 15) is 0 Å². The zero-order valence-electron chi connectivity index (χ0n) is 28.6. The number of piperidine rings is 1. The lowest BCUT2D eigenvalue weighted by Crippen LogP contribution is -2.33. The first-order valence-corrected chi connectivity index (χ1v) is 15.9. The van der Waals surface area contributed by atoms with Crippen molar-refractivity contribution in [3.05, 3.63) is 67.4 Å². The second kappa shape index (κ2) is 28.4. The van der Waals surface area contributed by atoms with Crippen molar-refractivity contribution in [1.82, 2.24) is 10.2 Å². The van der Waals surface area contributed by atoms with Gasteiger partial charge in [-0.2, -0.15) is 0 Å². The Bertz CT molecular complexity index is 738. The second-order valence-electron chi connectivity index (χ2n) is 11.7. The SMILES string of the molecule is C=CCC(C=C)NC(=C)CCC(C)(C)C.C=Nc1ccccc1C.CC.CCC.CCC(C)CN1CCCCC1. The minimum atomic E-state index is 0.273. The van der Waals surface area contributed by atoms with Gasteiger partial charge in [0.2, 0.25) is 0 Å². The van der Waals surface area contributed by atoms with Gasteiger partial charge in [-0.3, -0.25) is 4.99 Å². The Hall–Kier alpha value is -2.13. The van der Waals surface area contributed by atoms with E-state index in [1.807, 2.05) is 57.2 Å². The molecule has 232 valence electrons. The first kappa shape index (κ1) is 42.3. The van der Waals surface area contributed by atoms with Gasteiger partial charge in [-0.1, -0.05) is 119 Å². The number of allylic oxidation sites excluding steroid dienone is 1. The molecule has 3 nitrogen and oxygen atoms in total. The van der Waals surface area contributed by atoms with Crippen LogP contribution in [0, 0.1) is 18.3 Å². The molecule has 1 aliphatic heterocycles. The molecule has 0 bridgehead atoms.